The molecule has 30 heavy (non-hydrogen) atoms. The van der Waals surface area contributed by atoms with Crippen molar-refractivity contribution >= 4 is 45.0 Å². The highest BCUT2D eigenvalue weighted by Crippen LogP contribution is 2.30. The van der Waals surface area contributed by atoms with E-state index in [2.05, 4.69) is 26.1 Å². The number of amides is 2. The van der Waals surface area contributed by atoms with E-state index in [0.29, 0.717) is 35.1 Å². The summed E-state index contributed by atoms with van der Waals surface area (Å²) in [5, 5.41) is 3.11. The van der Waals surface area contributed by atoms with E-state index in [9.17, 15) is 9.59 Å². The van der Waals surface area contributed by atoms with E-state index in [1.807, 2.05) is 37.9 Å². The van der Waals surface area contributed by atoms with E-state index in [-0.39, 0.29) is 18.4 Å². The van der Waals surface area contributed by atoms with E-state index >= 15 is 0 Å². The van der Waals surface area contributed by atoms with Gasteiger partial charge in [0, 0.05) is 31.7 Å². The molecule has 8 heteroatoms. The predicted molar refractivity (Wildman–Crippen MR) is 123 cm³/mol. The normalized spacial score (nSPS) is 14.5. The molecule has 1 heterocycles. The van der Waals surface area contributed by atoms with Crippen molar-refractivity contribution < 1.29 is 14.3 Å². The molecule has 160 valence electrons. The smallest absolute Gasteiger partial charge is 0.262 e. The van der Waals surface area contributed by atoms with Crippen molar-refractivity contribution in [3.8, 4) is 5.75 Å². The zero-order valence-corrected chi connectivity index (χ0v) is 19.6. The van der Waals surface area contributed by atoms with E-state index < -0.39 is 0 Å². The lowest BCUT2D eigenvalue weighted by Crippen LogP contribution is -2.47. The third-order valence-electron chi connectivity index (χ3n) is 5.00. The van der Waals surface area contributed by atoms with Crippen LogP contribution in [0.4, 0.5) is 5.69 Å². The second-order valence-corrected chi connectivity index (χ2v) is 8.78. The second-order valence-electron chi connectivity index (χ2n) is 7.52. The Balaban J connectivity index is 1.65. The molecule has 0 radical (unpaired) electrons. The number of likely N-dealkylation sites (N-methyl/N-ethyl adjacent to an activating group) is 1. The topological polar surface area (TPSA) is 61.9 Å². The fourth-order valence-corrected chi connectivity index (χ4v) is 4.31. The molecule has 1 fully saturated rings. The minimum absolute atomic E-state index is 0.0641. The third-order valence-corrected chi connectivity index (χ3v) is 5.92. The van der Waals surface area contributed by atoms with E-state index in [0.717, 1.165) is 28.7 Å². The lowest BCUT2D eigenvalue weighted by atomic mass is 10.1. The number of rotatable bonds is 5. The molecule has 1 N–H and O–H groups in total. The number of hydrogen-bond donors (Lipinski definition) is 1. The number of hydrogen-bond acceptors (Lipinski definition) is 4. The number of carbonyl (C=O) groups excluding carboxylic acids is 2. The number of aryl methyl sites for hydroxylation is 2. The molecule has 1 aliphatic rings. The highest BCUT2D eigenvalue weighted by atomic mass is 79.9. The van der Waals surface area contributed by atoms with Gasteiger partial charge in [-0.2, -0.15) is 0 Å². The maximum Gasteiger partial charge on any atom is 0.262 e. The van der Waals surface area contributed by atoms with Crippen LogP contribution in [-0.4, -0.2) is 61.4 Å². The van der Waals surface area contributed by atoms with Crippen LogP contribution in [0, 0.1) is 13.8 Å². The van der Waals surface area contributed by atoms with Gasteiger partial charge in [-0.15, -0.1) is 0 Å². The fraction of sp³-hybridized carbons (Fsp3) is 0.364. The van der Waals surface area contributed by atoms with Crippen molar-refractivity contribution in [2.75, 3.05) is 45.2 Å². The molecule has 0 aromatic heterocycles. The van der Waals surface area contributed by atoms with Gasteiger partial charge in [0.15, 0.2) is 6.61 Å². The number of halogens is 2. The Kier molecular flexibility index (Phi) is 7.39. The number of ether oxygens (including phenoxy) is 1. The zero-order chi connectivity index (χ0) is 21.8. The first-order valence-electron chi connectivity index (χ1n) is 9.71. The summed E-state index contributed by atoms with van der Waals surface area (Å²) in [5.41, 5.74) is 2.93. The molecule has 1 aliphatic heterocycles. The molecule has 3 rings (SSSR count). The van der Waals surface area contributed by atoms with Crippen LogP contribution in [0.1, 0.15) is 21.5 Å². The third kappa shape index (κ3) is 5.53. The summed E-state index contributed by atoms with van der Waals surface area (Å²) < 4.78 is 6.49. The van der Waals surface area contributed by atoms with Crippen LogP contribution in [0.2, 0.25) is 5.02 Å². The number of nitrogens with one attached hydrogen (secondary N) is 1. The van der Waals surface area contributed by atoms with Crippen LogP contribution in [0.5, 0.6) is 5.75 Å². The molecule has 2 amide bonds. The van der Waals surface area contributed by atoms with Crippen molar-refractivity contribution in [1.29, 1.82) is 0 Å². The molecule has 0 saturated carbocycles. The van der Waals surface area contributed by atoms with Gasteiger partial charge in [0.25, 0.3) is 11.8 Å². The molecule has 0 aliphatic carbocycles. The van der Waals surface area contributed by atoms with Crippen molar-refractivity contribution in [2.45, 2.75) is 13.8 Å². The standard InChI is InChI=1S/C22H25BrClN3O3/c1-14-10-15(2)21(17(23)11-14)30-13-20(28)25-19-12-16(4-5-18(19)24)22(29)27-8-6-26(3)7-9-27/h4-5,10-12H,6-9,13H2,1-3H3,(H,25,28). The Morgan fingerprint density at radius 2 is 1.83 bits per heavy atom. The molecule has 6 nitrogen and oxygen atoms in total. The maximum absolute atomic E-state index is 12.8. The quantitative estimate of drug-likeness (QED) is 0.679. The molecular formula is C22H25BrClN3O3. The monoisotopic (exact) mass is 493 g/mol. The summed E-state index contributed by atoms with van der Waals surface area (Å²) in [7, 11) is 2.04. The van der Waals surface area contributed by atoms with Gasteiger partial charge in [0.1, 0.15) is 5.75 Å². The SMILES string of the molecule is Cc1cc(C)c(OCC(=O)Nc2cc(C(=O)N3CCN(C)CC3)ccc2Cl)c(Br)c1. The summed E-state index contributed by atoms with van der Waals surface area (Å²) in [6.07, 6.45) is 0. The Labute approximate surface area is 190 Å². The molecule has 2 aromatic rings. The largest absolute Gasteiger partial charge is 0.482 e. The zero-order valence-electron chi connectivity index (χ0n) is 17.3. The molecular weight excluding hydrogens is 470 g/mol. The second kappa shape index (κ2) is 9.81. The predicted octanol–water partition coefficient (Wildman–Crippen LogP) is 4.12. The number of carbonyl (C=O) groups is 2. The molecule has 0 unspecified atom stereocenters. The first kappa shape index (κ1) is 22.6. The summed E-state index contributed by atoms with van der Waals surface area (Å²) in [5.74, 6) is 0.208. The van der Waals surface area contributed by atoms with Crippen molar-refractivity contribution in [2.24, 2.45) is 0 Å². The van der Waals surface area contributed by atoms with Gasteiger partial charge in [-0.25, -0.2) is 0 Å². The summed E-state index contributed by atoms with van der Waals surface area (Å²) >= 11 is 9.71. The van der Waals surface area contributed by atoms with E-state index in [4.69, 9.17) is 16.3 Å². The van der Waals surface area contributed by atoms with Crippen molar-refractivity contribution in [1.82, 2.24) is 9.80 Å². The van der Waals surface area contributed by atoms with E-state index in [1.165, 1.54) is 0 Å². The molecule has 1 saturated heterocycles. The fourth-order valence-electron chi connectivity index (χ4n) is 3.36. The minimum Gasteiger partial charge on any atom is -0.482 e. The van der Waals surface area contributed by atoms with E-state index in [1.54, 1.807) is 18.2 Å². The van der Waals surface area contributed by atoms with Crippen LogP contribution < -0.4 is 10.1 Å². The number of piperazine rings is 1. The lowest BCUT2D eigenvalue weighted by molar-refractivity contribution is -0.118. The van der Waals surface area contributed by atoms with Crippen LogP contribution in [0.15, 0.2) is 34.8 Å². The highest BCUT2D eigenvalue weighted by molar-refractivity contribution is 9.10. The highest BCUT2D eigenvalue weighted by Gasteiger charge is 2.21. The minimum atomic E-state index is -0.354. The maximum atomic E-state index is 12.8. The first-order valence-corrected chi connectivity index (χ1v) is 10.9. The van der Waals surface area contributed by atoms with Gasteiger partial charge in [-0.05, 0) is 72.2 Å². The molecule has 2 aromatic carbocycles. The average molecular weight is 495 g/mol. The van der Waals surface area contributed by atoms with Gasteiger partial charge in [0.2, 0.25) is 0 Å². The van der Waals surface area contributed by atoms with Crippen molar-refractivity contribution in [3.63, 3.8) is 0 Å². The summed E-state index contributed by atoms with van der Waals surface area (Å²) in [6, 6.07) is 8.85. The van der Waals surface area contributed by atoms with Gasteiger partial charge in [0.05, 0.1) is 15.2 Å². The van der Waals surface area contributed by atoms with Gasteiger partial charge in [-0.3, -0.25) is 9.59 Å². The lowest BCUT2D eigenvalue weighted by Gasteiger charge is -2.32. The van der Waals surface area contributed by atoms with Gasteiger partial charge >= 0.3 is 0 Å². The van der Waals surface area contributed by atoms with Crippen LogP contribution >= 0.6 is 27.5 Å². The Hall–Kier alpha value is -2.09. The molecule has 0 spiro atoms. The average Bonchev–Trinajstić information content (AvgIpc) is 2.69. The first-order chi connectivity index (χ1) is 14.2. The Morgan fingerprint density at radius 3 is 2.50 bits per heavy atom. The Bertz CT molecular complexity index is 936. The van der Waals surface area contributed by atoms with Gasteiger partial charge < -0.3 is 19.9 Å². The summed E-state index contributed by atoms with van der Waals surface area (Å²) in [6.45, 7) is 6.79. The molecule has 0 bridgehead atoms. The number of benzene rings is 2. The van der Waals surface area contributed by atoms with Crippen molar-refractivity contribution in [3.05, 3.63) is 56.5 Å². The van der Waals surface area contributed by atoms with Crippen LogP contribution in [0.25, 0.3) is 0 Å². The van der Waals surface area contributed by atoms with Crippen LogP contribution in [0.3, 0.4) is 0 Å². The summed E-state index contributed by atoms with van der Waals surface area (Å²) in [4.78, 5) is 29.2. The Morgan fingerprint density at radius 1 is 1.13 bits per heavy atom. The molecule has 0 atom stereocenters. The number of anilines is 1. The number of nitrogens with zero attached hydrogens (tertiary/aromatic N) is 2. The van der Waals surface area contributed by atoms with Crippen LogP contribution in [-0.2, 0) is 4.79 Å². The van der Waals surface area contributed by atoms with Gasteiger partial charge in [-0.1, -0.05) is 17.7 Å².